The minimum atomic E-state index is -4.72. The van der Waals surface area contributed by atoms with Gasteiger partial charge in [-0.3, -0.25) is 14.3 Å². The van der Waals surface area contributed by atoms with Gasteiger partial charge in [-0.1, -0.05) is 12.1 Å². The highest BCUT2D eigenvalue weighted by Gasteiger charge is 2.40. The van der Waals surface area contributed by atoms with Gasteiger partial charge in [0.1, 0.15) is 12.6 Å². The number of H-pyrrole nitrogens is 1. The molecule has 14 heteroatoms. The van der Waals surface area contributed by atoms with Crippen molar-refractivity contribution in [3.05, 3.63) is 64.2 Å². The van der Waals surface area contributed by atoms with E-state index in [4.69, 9.17) is 0 Å². The van der Waals surface area contributed by atoms with Gasteiger partial charge in [0.2, 0.25) is 5.91 Å². The van der Waals surface area contributed by atoms with Crippen LogP contribution >= 0.6 is 0 Å². The first-order valence-electron chi connectivity index (χ1n) is 12.9. The molecule has 40 heavy (non-hydrogen) atoms. The van der Waals surface area contributed by atoms with Crippen LogP contribution in [0.5, 0.6) is 0 Å². The number of benzene rings is 1. The number of rotatable bonds is 4. The molecule has 5 rings (SSSR count). The molecule has 2 saturated heterocycles. The first-order chi connectivity index (χ1) is 19.0. The number of imidazole rings is 1. The number of fused-ring (bicyclic) bond motifs is 1. The molecule has 2 aromatic heterocycles. The molecular weight excluding hydrogens is 539 g/mol. The third kappa shape index (κ3) is 5.65. The summed E-state index contributed by atoms with van der Waals surface area (Å²) in [4.78, 5) is 47.5. The van der Waals surface area contributed by atoms with Gasteiger partial charge in [-0.2, -0.15) is 13.2 Å². The molecule has 0 spiro atoms. The number of likely N-dealkylation sites (tertiary alicyclic amines) is 2. The fraction of sp³-hybridized carbons (Fsp3) is 0.462. The summed E-state index contributed by atoms with van der Waals surface area (Å²) in [6.07, 6.45) is -2.27. The molecule has 2 aliphatic heterocycles. The molecule has 2 atom stereocenters. The normalized spacial score (nSPS) is 21.1. The predicted octanol–water partition coefficient (Wildman–Crippen LogP) is 3.69. The second-order valence-electron chi connectivity index (χ2n) is 10.1. The van der Waals surface area contributed by atoms with Gasteiger partial charge in [0.25, 0.3) is 0 Å². The van der Waals surface area contributed by atoms with Gasteiger partial charge in [-0.15, -0.1) is 0 Å². The van der Waals surface area contributed by atoms with Crippen LogP contribution < -0.4 is 11.0 Å². The van der Waals surface area contributed by atoms with Crippen LogP contribution in [-0.4, -0.2) is 74.7 Å². The van der Waals surface area contributed by atoms with E-state index < -0.39 is 54.8 Å². The number of nitrogens with one attached hydrogen (secondary N) is 2. The van der Waals surface area contributed by atoms with Crippen molar-refractivity contribution >= 4 is 23.1 Å². The van der Waals surface area contributed by atoms with E-state index in [9.17, 15) is 36.3 Å². The Bertz CT molecular complexity index is 1460. The maximum atomic E-state index is 14.5. The average Bonchev–Trinajstić information content (AvgIpc) is 3.18. The van der Waals surface area contributed by atoms with Crippen LogP contribution in [0.3, 0.4) is 0 Å². The molecule has 3 amide bonds. The zero-order chi connectivity index (χ0) is 28.6. The lowest BCUT2D eigenvalue weighted by atomic mass is 9.93. The number of halogens is 5. The minimum absolute atomic E-state index is 0.0479. The molecular formula is C26H27F5N6O3. The van der Waals surface area contributed by atoms with Gasteiger partial charge < -0.3 is 15.1 Å². The number of nitrogens with zero attached hydrogens (tertiary/aromatic N) is 4. The van der Waals surface area contributed by atoms with Crippen LogP contribution in [0.1, 0.15) is 43.2 Å². The maximum Gasteiger partial charge on any atom is 0.406 e. The standard InChI is InChI=1S/C26H27F5N6O3/c27-18-4-1-3-17(21(18)28)15-6-7-19(23(38)36(13-15)14-26(29,30)31)33-24(39)35-11-8-16(9-12-35)37-20-5-2-10-32-22(20)34-25(37)40/h1-5,10,15-16,19H,6-9,11-14H2,(H,33,39)(H,32,34,40)/t15-,19+/m0/s1. The Morgan fingerprint density at radius 2 is 1.80 bits per heavy atom. The summed E-state index contributed by atoms with van der Waals surface area (Å²) in [5.41, 5.74) is 0.680. The Hall–Kier alpha value is -3.97. The van der Waals surface area contributed by atoms with E-state index in [1.807, 2.05) is 0 Å². The van der Waals surface area contributed by atoms with E-state index in [0.717, 1.165) is 6.07 Å². The Kier molecular flexibility index (Phi) is 7.51. The third-order valence-electron chi connectivity index (χ3n) is 7.55. The Labute approximate surface area is 225 Å². The number of carbonyl (C=O) groups is 2. The number of urea groups is 1. The highest BCUT2D eigenvalue weighted by molar-refractivity contribution is 5.87. The SMILES string of the molecule is O=C(N[C@@H]1CC[C@H](c2cccc(F)c2F)CN(CC(F)(F)F)C1=O)N1CCC(n2c(=O)[nH]c3ncccc32)CC1. The highest BCUT2D eigenvalue weighted by Crippen LogP contribution is 2.32. The van der Waals surface area contributed by atoms with Gasteiger partial charge in [0.05, 0.1) is 5.52 Å². The number of hydrogen-bond donors (Lipinski definition) is 2. The molecule has 2 N–H and O–H groups in total. The molecule has 2 aliphatic rings. The molecule has 1 aromatic carbocycles. The fourth-order valence-electron chi connectivity index (χ4n) is 5.63. The van der Waals surface area contributed by atoms with E-state index in [0.29, 0.717) is 28.9 Å². The van der Waals surface area contributed by atoms with Gasteiger partial charge in [-0.25, -0.2) is 23.4 Å². The Morgan fingerprint density at radius 1 is 1.05 bits per heavy atom. The van der Waals surface area contributed by atoms with Crippen LogP contribution in [0.25, 0.3) is 11.2 Å². The van der Waals surface area contributed by atoms with Gasteiger partial charge in [-0.05, 0) is 49.4 Å². The quantitative estimate of drug-likeness (QED) is 0.471. The number of carbonyl (C=O) groups excluding carboxylic acids is 2. The second-order valence-corrected chi connectivity index (χ2v) is 10.1. The van der Waals surface area contributed by atoms with Crippen molar-refractivity contribution in [2.24, 2.45) is 0 Å². The lowest BCUT2D eigenvalue weighted by Crippen LogP contribution is -2.54. The summed E-state index contributed by atoms with van der Waals surface area (Å²) in [5, 5.41) is 2.56. The first-order valence-corrected chi connectivity index (χ1v) is 12.9. The van der Waals surface area contributed by atoms with Crippen LogP contribution in [0, 0.1) is 11.6 Å². The van der Waals surface area contributed by atoms with Crippen molar-refractivity contribution in [2.45, 2.75) is 49.9 Å². The van der Waals surface area contributed by atoms with Crippen molar-refractivity contribution in [1.82, 2.24) is 29.7 Å². The number of pyridine rings is 1. The zero-order valence-electron chi connectivity index (χ0n) is 21.3. The van der Waals surface area contributed by atoms with Crippen LogP contribution in [0.4, 0.5) is 26.7 Å². The molecule has 0 bridgehead atoms. The topological polar surface area (TPSA) is 103 Å². The monoisotopic (exact) mass is 566 g/mol. The number of amides is 3. The van der Waals surface area contributed by atoms with Gasteiger partial charge >= 0.3 is 17.9 Å². The predicted molar refractivity (Wildman–Crippen MR) is 133 cm³/mol. The van der Waals surface area contributed by atoms with E-state index in [1.165, 1.54) is 17.0 Å². The molecule has 2 fully saturated rings. The maximum absolute atomic E-state index is 14.5. The van der Waals surface area contributed by atoms with Crippen LogP contribution in [0.2, 0.25) is 0 Å². The van der Waals surface area contributed by atoms with Crippen molar-refractivity contribution in [3.63, 3.8) is 0 Å². The lowest BCUT2D eigenvalue weighted by molar-refractivity contribution is -0.162. The largest absolute Gasteiger partial charge is 0.406 e. The van der Waals surface area contributed by atoms with E-state index in [-0.39, 0.29) is 43.2 Å². The summed E-state index contributed by atoms with van der Waals surface area (Å²) in [5.74, 6) is -4.11. The number of aromatic nitrogens is 3. The highest BCUT2D eigenvalue weighted by atomic mass is 19.4. The first kappa shape index (κ1) is 27.6. The van der Waals surface area contributed by atoms with Gasteiger partial charge in [0, 0.05) is 37.8 Å². The molecule has 0 saturated carbocycles. The molecule has 9 nitrogen and oxygen atoms in total. The average molecular weight is 567 g/mol. The molecule has 3 aromatic rings. The molecule has 4 heterocycles. The van der Waals surface area contributed by atoms with E-state index in [2.05, 4.69) is 15.3 Å². The Morgan fingerprint density at radius 3 is 2.52 bits per heavy atom. The summed E-state index contributed by atoms with van der Waals surface area (Å²) in [6.45, 7) is -1.55. The summed E-state index contributed by atoms with van der Waals surface area (Å²) < 4.78 is 69.9. The molecule has 0 radical (unpaired) electrons. The molecule has 0 unspecified atom stereocenters. The third-order valence-corrected chi connectivity index (χ3v) is 7.55. The van der Waals surface area contributed by atoms with Crippen LogP contribution in [-0.2, 0) is 4.79 Å². The van der Waals surface area contributed by atoms with Crippen molar-refractivity contribution in [3.8, 4) is 0 Å². The van der Waals surface area contributed by atoms with Crippen molar-refractivity contribution in [1.29, 1.82) is 0 Å². The van der Waals surface area contributed by atoms with Gasteiger partial charge in [0.15, 0.2) is 17.3 Å². The minimum Gasteiger partial charge on any atom is -0.331 e. The van der Waals surface area contributed by atoms with E-state index in [1.54, 1.807) is 22.9 Å². The summed E-state index contributed by atoms with van der Waals surface area (Å²) >= 11 is 0. The van der Waals surface area contributed by atoms with Crippen molar-refractivity contribution in [2.75, 3.05) is 26.2 Å². The summed E-state index contributed by atoms with van der Waals surface area (Å²) in [6, 6.07) is 4.87. The van der Waals surface area contributed by atoms with E-state index >= 15 is 0 Å². The van der Waals surface area contributed by atoms with Crippen molar-refractivity contribution < 1.29 is 31.5 Å². The molecule has 214 valence electrons. The smallest absolute Gasteiger partial charge is 0.331 e. The molecule has 0 aliphatic carbocycles. The second kappa shape index (κ2) is 10.9. The number of alkyl halides is 3. The van der Waals surface area contributed by atoms with Crippen LogP contribution in [0.15, 0.2) is 41.3 Å². The zero-order valence-corrected chi connectivity index (χ0v) is 21.3. The number of piperidine rings is 1. The number of hydrogen-bond acceptors (Lipinski definition) is 4. The summed E-state index contributed by atoms with van der Waals surface area (Å²) in [7, 11) is 0. The number of aromatic amines is 1. The lowest BCUT2D eigenvalue weighted by Gasteiger charge is -2.34. The Balaban J connectivity index is 1.28. The fourth-order valence-corrected chi connectivity index (χ4v) is 5.63.